The number of nitrogens with one attached hydrogen (secondary N) is 1. The van der Waals surface area contributed by atoms with Crippen molar-refractivity contribution >= 4 is 40.0 Å². The zero-order chi connectivity index (χ0) is 26.4. The molecule has 0 aromatic heterocycles. The van der Waals surface area contributed by atoms with Gasteiger partial charge in [-0.2, -0.15) is 0 Å². The van der Waals surface area contributed by atoms with E-state index in [2.05, 4.69) is 22.9 Å². The molecule has 1 amide bonds. The van der Waals surface area contributed by atoms with Gasteiger partial charge in [-0.05, 0) is 74.4 Å². The Morgan fingerprint density at radius 2 is 2.00 bits per heavy atom. The summed E-state index contributed by atoms with van der Waals surface area (Å²) in [5, 5.41) is 3.90. The van der Waals surface area contributed by atoms with Crippen LogP contribution in [0.3, 0.4) is 0 Å². The minimum Gasteiger partial charge on any atom is -0.384 e. The zero-order valence-electron chi connectivity index (χ0n) is 21.5. The fourth-order valence-electron chi connectivity index (χ4n) is 4.34. The Morgan fingerprint density at radius 1 is 1.22 bits per heavy atom. The summed E-state index contributed by atoms with van der Waals surface area (Å²) in [5.74, 6) is -0.126. The number of anilines is 1. The first-order chi connectivity index (χ1) is 17.9. The number of allylic oxidation sites excluding steroid dienone is 3. The Balaban J connectivity index is 1.76. The normalized spacial score (nSPS) is 18.1. The topological polar surface area (TPSA) is 65.0 Å². The minimum absolute atomic E-state index is 0.0314. The van der Waals surface area contributed by atoms with Crippen LogP contribution in [0.1, 0.15) is 43.1 Å². The molecule has 2 heterocycles. The van der Waals surface area contributed by atoms with Crippen LogP contribution in [0.5, 0.6) is 0 Å². The Morgan fingerprint density at radius 3 is 2.68 bits per heavy atom. The molecule has 7 heteroatoms. The van der Waals surface area contributed by atoms with Crippen molar-refractivity contribution in [2.24, 2.45) is 4.99 Å². The predicted molar refractivity (Wildman–Crippen MR) is 154 cm³/mol. The van der Waals surface area contributed by atoms with Crippen molar-refractivity contribution in [1.29, 1.82) is 0 Å². The van der Waals surface area contributed by atoms with Gasteiger partial charge in [0.15, 0.2) is 11.0 Å². The van der Waals surface area contributed by atoms with Crippen molar-refractivity contribution in [2.45, 2.75) is 33.7 Å². The second-order valence-corrected chi connectivity index (χ2v) is 9.75. The lowest BCUT2D eigenvalue weighted by atomic mass is 10.1. The third kappa shape index (κ3) is 5.94. The van der Waals surface area contributed by atoms with Gasteiger partial charge >= 0.3 is 0 Å². The maximum Gasteiger partial charge on any atom is 0.268 e. The van der Waals surface area contributed by atoms with E-state index in [-0.39, 0.29) is 11.7 Å². The summed E-state index contributed by atoms with van der Waals surface area (Å²) in [6, 6.07) is 15.3. The van der Waals surface area contributed by atoms with Gasteiger partial charge in [-0.25, -0.2) is 4.99 Å². The number of carbonyl (C=O) groups excluding carboxylic acids is 2. The molecule has 0 saturated carbocycles. The monoisotopic (exact) mass is 512 g/mol. The third-order valence-electron chi connectivity index (χ3n) is 6.15. The minimum atomic E-state index is -0.0942. The van der Waals surface area contributed by atoms with Crippen molar-refractivity contribution in [3.63, 3.8) is 0 Å². The lowest BCUT2D eigenvalue weighted by molar-refractivity contribution is -0.122. The molecule has 2 aromatic carbocycles. The maximum atomic E-state index is 13.7. The fraction of sp³-hybridized carbons (Fsp3) is 0.233. The van der Waals surface area contributed by atoms with E-state index in [0.29, 0.717) is 34.4 Å². The molecule has 0 atom stereocenters. The number of amides is 1. The van der Waals surface area contributed by atoms with E-state index in [1.54, 1.807) is 17.0 Å². The van der Waals surface area contributed by atoms with Crippen molar-refractivity contribution in [3.8, 4) is 0 Å². The predicted octanol–water partition coefficient (Wildman–Crippen LogP) is 6.65. The first kappa shape index (κ1) is 26.2. The van der Waals surface area contributed by atoms with Crippen LogP contribution in [0.15, 0.2) is 101 Å². The van der Waals surface area contributed by atoms with Crippen LogP contribution in [-0.4, -0.2) is 39.7 Å². The molecular weight excluding hydrogens is 480 g/mol. The van der Waals surface area contributed by atoms with E-state index >= 15 is 0 Å². The molecule has 37 heavy (non-hydrogen) atoms. The molecule has 1 fully saturated rings. The number of thioether (sulfide) groups is 1. The van der Waals surface area contributed by atoms with E-state index in [9.17, 15) is 9.59 Å². The molecular formula is C30H32N4O2S. The SMILES string of the molecule is C=CC1=C(/C=C\C)CCN1/C=C1/SC(=Nc2cc(C(C)=O)ccc2NCC)N(Cc2ccccc2)C1=O. The van der Waals surface area contributed by atoms with Crippen LogP contribution in [0, 0.1) is 0 Å². The molecule has 0 radical (unpaired) electrons. The molecule has 0 bridgehead atoms. The lowest BCUT2D eigenvalue weighted by Gasteiger charge is -2.17. The number of hydrogen-bond acceptors (Lipinski definition) is 6. The third-order valence-corrected chi connectivity index (χ3v) is 7.15. The fourth-order valence-corrected chi connectivity index (χ4v) is 5.32. The second-order valence-electron chi connectivity index (χ2n) is 8.74. The molecule has 1 N–H and O–H groups in total. The largest absolute Gasteiger partial charge is 0.384 e. The standard InChI is InChI=1S/C30H32N4O2S/c1-5-11-23-16-17-33(27(23)6-2)20-28-29(36)34(19-22-12-9-8-10-13-22)30(37-28)32-26-18-24(21(4)35)14-15-25(26)31-7-3/h5-6,8-15,18,20,31H,2,7,16-17,19H2,1,3-4H3/b11-5-,28-20+,32-30?. The Bertz CT molecular complexity index is 1320. The molecule has 2 aliphatic rings. The summed E-state index contributed by atoms with van der Waals surface area (Å²) in [6.45, 7) is 11.4. The molecule has 1 saturated heterocycles. The van der Waals surface area contributed by atoms with Gasteiger partial charge in [0.25, 0.3) is 5.91 Å². The molecule has 0 aliphatic carbocycles. The smallest absolute Gasteiger partial charge is 0.268 e. The van der Waals surface area contributed by atoms with Gasteiger partial charge in [0.2, 0.25) is 0 Å². The summed E-state index contributed by atoms with van der Waals surface area (Å²) < 4.78 is 0. The van der Waals surface area contributed by atoms with Crippen molar-refractivity contribution in [2.75, 3.05) is 18.4 Å². The van der Waals surface area contributed by atoms with Crippen molar-refractivity contribution in [1.82, 2.24) is 9.80 Å². The average Bonchev–Trinajstić information content (AvgIpc) is 3.41. The van der Waals surface area contributed by atoms with Crippen LogP contribution in [0.4, 0.5) is 11.4 Å². The number of ketones is 1. The van der Waals surface area contributed by atoms with Gasteiger partial charge in [0.05, 0.1) is 22.8 Å². The van der Waals surface area contributed by atoms with Gasteiger partial charge in [-0.3, -0.25) is 14.5 Å². The molecule has 0 unspecified atom stereocenters. The van der Waals surface area contributed by atoms with Gasteiger partial charge in [0.1, 0.15) is 0 Å². The Labute approximate surface area is 223 Å². The Kier molecular flexibility index (Phi) is 8.46. The van der Waals surface area contributed by atoms with E-state index in [1.807, 2.05) is 68.6 Å². The first-order valence-corrected chi connectivity index (χ1v) is 13.2. The number of benzene rings is 2. The van der Waals surface area contributed by atoms with Gasteiger partial charge in [0, 0.05) is 30.5 Å². The van der Waals surface area contributed by atoms with E-state index < -0.39 is 0 Å². The number of Topliss-reactive ketones (excluding diaryl/α,β-unsaturated/α-hetero) is 1. The number of rotatable bonds is 9. The van der Waals surface area contributed by atoms with Crippen molar-refractivity contribution in [3.05, 3.63) is 107 Å². The van der Waals surface area contributed by atoms with E-state index in [4.69, 9.17) is 4.99 Å². The van der Waals surface area contributed by atoms with Crippen molar-refractivity contribution < 1.29 is 9.59 Å². The number of aliphatic imine (C=N–C) groups is 1. The first-order valence-electron chi connectivity index (χ1n) is 12.4. The highest BCUT2D eigenvalue weighted by Gasteiger charge is 2.35. The van der Waals surface area contributed by atoms with Crippen LogP contribution >= 0.6 is 11.8 Å². The Hall–Kier alpha value is -3.84. The van der Waals surface area contributed by atoms with Crippen LogP contribution < -0.4 is 5.32 Å². The number of nitrogens with zero attached hydrogens (tertiary/aromatic N) is 3. The molecule has 4 rings (SSSR count). The van der Waals surface area contributed by atoms with E-state index in [1.165, 1.54) is 24.3 Å². The van der Waals surface area contributed by atoms with Crippen LogP contribution in [-0.2, 0) is 11.3 Å². The summed E-state index contributed by atoms with van der Waals surface area (Å²) in [6.07, 6.45) is 8.77. The molecule has 2 aliphatic heterocycles. The number of hydrogen-bond donors (Lipinski definition) is 1. The summed E-state index contributed by atoms with van der Waals surface area (Å²) in [7, 11) is 0. The summed E-state index contributed by atoms with van der Waals surface area (Å²) in [5.41, 5.74) is 5.26. The lowest BCUT2D eigenvalue weighted by Crippen LogP contribution is -2.28. The van der Waals surface area contributed by atoms with Gasteiger partial charge < -0.3 is 10.2 Å². The van der Waals surface area contributed by atoms with Gasteiger partial charge in [-0.1, -0.05) is 49.1 Å². The number of amidine groups is 1. The quantitative estimate of drug-likeness (QED) is 0.301. The molecule has 6 nitrogen and oxygen atoms in total. The van der Waals surface area contributed by atoms with Crippen LogP contribution in [0.2, 0.25) is 0 Å². The van der Waals surface area contributed by atoms with Crippen LogP contribution in [0.25, 0.3) is 0 Å². The summed E-state index contributed by atoms with van der Waals surface area (Å²) in [4.78, 5) is 35.1. The van der Waals surface area contributed by atoms with Gasteiger partial charge in [-0.15, -0.1) is 0 Å². The molecule has 0 spiro atoms. The molecule has 190 valence electrons. The maximum absolute atomic E-state index is 13.7. The molecule has 2 aromatic rings. The highest BCUT2D eigenvalue weighted by molar-refractivity contribution is 8.18. The highest BCUT2D eigenvalue weighted by Crippen LogP contribution is 2.37. The highest BCUT2D eigenvalue weighted by atomic mass is 32.2. The summed E-state index contributed by atoms with van der Waals surface area (Å²) >= 11 is 1.35. The second kappa shape index (κ2) is 11.9. The number of carbonyl (C=O) groups is 2. The van der Waals surface area contributed by atoms with E-state index in [0.717, 1.165) is 29.9 Å². The zero-order valence-corrected chi connectivity index (χ0v) is 22.3. The average molecular weight is 513 g/mol.